The standard InChI is InChI=1S/C32H38ClN5O2.C31H36ClN5O2.CH4/c1-32(2,3)40-31(39)36-23-15-12-21(13-16-23)20-38(4)25-10-7-9-24(18-25)35-30-34-19-28(33)29(37-30)27-17-14-22-8-5-6-11-26(22)27;1-31(2,3)39-30(38)36-22-14-11-20(12-15-22)18-33-23-8-6-9-24(17-23)35-29-34-19-27(32)28(37-29)26-16-13-21-7-4-5-10-25(21)26;/h5-6,8,11-13,15-17,19,24-25H,7,9-10,14,18,20H2,1-4H3,(H,36,39)(H,34,35,37);4-5,7,10-12,14-16,19,23-24,33H,6,8-9,13,17-18H2,1-3H3,(H,36,38)(H,34,35,37);1H4/t24-,25+;23-,24+;/m10./s1. The molecule has 4 aliphatic rings. The molecule has 0 aliphatic heterocycles. The minimum atomic E-state index is -0.527. The number of fused-ring (bicyclic) bond motifs is 2. The molecule has 2 saturated carbocycles. The topological polar surface area (TPSA) is 168 Å². The van der Waals surface area contributed by atoms with Crippen LogP contribution in [0.15, 0.2) is 122 Å². The number of anilines is 4. The number of ether oxygens (including phenoxy) is 2. The van der Waals surface area contributed by atoms with Crippen LogP contribution in [0.5, 0.6) is 0 Å². The predicted octanol–water partition coefficient (Wildman–Crippen LogP) is 14.9. The lowest BCUT2D eigenvalue weighted by molar-refractivity contribution is 0.0624. The summed E-state index contributed by atoms with van der Waals surface area (Å²) >= 11 is 13.1. The molecule has 0 bridgehead atoms. The fraction of sp³-hybridized carbons (Fsp3) is 0.406. The third-order valence-corrected chi connectivity index (χ3v) is 15.1. The number of hydrogen-bond acceptors (Lipinski definition) is 12. The third-order valence-electron chi connectivity index (χ3n) is 14.5. The second kappa shape index (κ2) is 26.6. The van der Waals surface area contributed by atoms with Crippen molar-refractivity contribution in [3.8, 4) is 0 Å². The van der Waals surface area contributed by atoms with E-state index in [2.05, 4.69) is 121 Å². The van der Waals surface area contributed by atoms with Crippen LogP contribution >= 0.6 is 23.2 Å². The molecule has 0 unspecified atom stereocenters. The van der Waals surface area contributed by atoms with E-state index in [9.17, 15) is 9.59 Å². The van der Waals surface area contributed by atoms with Crippen LogP contribution in [0.4, 0.5) is 32.9 Å². The van der Waals surface area contributed by atoms with Crippen LogP contribution < -0.4 is 26.6 Å². The number of hydrogen-bond donors (Lipinski definition) is 5. The van der Waals surface area contributed by atoms with Gasteiger partial charge in [-0.1, -0.05) is 116 Å². The van der Waals surface area contributed by atoms with Crippen molar-refractivity contribution in [2.24, 2.45) is 0 Å². The molecule has 14 nitrogen and oxygen atoms in total. The Morgan fingerprint density at radius 1 is 0.600 bits per heavy atom. The van der Waals surface area contributed by atoms with Gasteiger partial charge in [-0.3, -0.25) is 15.5 Å². The molecule has 4 atom stereocenters. The minimum Gasteiger partial charge on any atom is -0.444 e. The highest BCUT2D eigenvalue weighted by molar-refractivity contribution is 6.32. The lowest BCUT2D eigenvalue weighted by atomic mass is 9.90. The molecule has 2 aromatic heterocycles. The number of aromatic nitrogens is 4. The van der Waals surface area contributed by atoms with Crippen LogP contribution in [0, 0.1) is 0 Å². The first kappa shape index (κ1) is 59.3. The second-order valence-corrected chi connectivity index (χ2v) is 23.9. The van der Waals surface area contributed by atoms with Gasteiger partial charge in [0, 0.05) is 59.8 Å². The van der Waals surface area contributed by atoms with Crippen molar-refractivity contribution in [1.82, 2.24) is 30.2 Å². The number of allylic oxidation sites excluding steroid dienone is 2. The number of amides is 2. The van der Waals surface area contributed by atoms with Crippen LogP contribution in [0.25, 0.3) is 11.1 Å². The molecule has 16 heteroatoms. The summed E-state index contributed by atoms with van der Waals surface area (Å²) in [5.41, 5.74) is 11.5. The van der Waals surface area contributed by atoms with E-state index >= 15 is 0 Å². The highest BCUT2D eigenvalue weighted by atomic mass is 35.5. The largest absolute Gasteiger partial charge is 0.444 e. The number of carbonyl (C=O) groups is 2. The van der Waals surface area contributed by atoms with Crippen molar-refractivity contribution in [3.63, 3.8) is 0 Å². The van der Waals surface area contributed by atoms with Crippen molar-refractivity contribution in [2.75, 3.05) is 28.3 Å². The quantitative estimate of drug-likeness (QED) is 0.0701. The van der Waals surface area contributed by atoms with E-state index in [-0.39, 0.29) is 13.5 Å². The van der Waals surface area contributed by atoms with E-state index in [1.54, 1.807) is 12.4 Å². The van der Waals surface area contributed by atoms with E-state index in [0.29, 0.717) is 45.8 Å². The van der Waals surface area contributed by atoms with Gasteiger partial charge in [0.2, 0.25) is 11.9 Å². The lowest BCUT2D eigenvalue weighted by Gasteiger charge is -2.35. The summed E-state index contributed by atoms with van der Waals surface area (Å²) in [6.07, 6.45) is 17.4. The van der Waals surface area contributed by atoms with Crippen LogP contribution in [-0.4, -0.2) is 79.4 Å². The smallest absolute Gasteiger partial charge is 0.412 e. The number of halogens is 2. The Morgan fingerprint density at radius 3 is 1.55 bits per heavy atom. The van der Waals surface area contributed by atoms with Gasteiger partial charge in [-0.05, 0) is 170 Å². The zero-order valence-corrected chi connectivity index (χ0v) is 48.0. The van der Waals surface area contributed by atoms with E-state index in [0.717, 1.165) is 111 Å². The van der Waals surface area contributed by atoms with Crippen molar-refractivity contribution >= 4 is 69.8 Å². The Labute approximate surface area is 483 Å². The number of benzene rings is 4. The number of carbonyl (C=O) groups excluding carboxylic acids is 2. The molecule has 80 heavy (non-hydrogen) atoms. The normalized spacial score (nSPS) is 18.5. The maximum atomic E-state index is 12.0. The first-order valence-corrected chi connectivity index (χ1v) is 28.4. The van der Waals surface area contributed by atoms with Gasteiger partial charge in [-0.2, -0.15) is 0 Å². The highest BCUT2D eigenvalue weighted by Gasteiger charge is 2.28. The van der Waals surface area contributed by atoms with Gasteiger partial charge in [0.15, 0.2) is 0 Å². The maximum absolute atomic E-state index is 12.0. The maximum Gasteiger partial charge on any atom is 0.412 e. The predicted molar refractivity (Wildman–Crippen MR) is 326 cm³/mol. The Morgan fingerprint density at radius 2 is 1.05 bits per heavy atom. The van der Waals surface area contributed by atoms with E-state index in [4.69, 9.17) is 42.6 Å². The minimum absolute atomic E-state index is 0. The average molecular weight is 1120 g/mol. The van der Waals surface area contributed by atoms with Gasteiger partial charge in [0.05, 0.1) is 33.8 Å². The van der Waals surface area contributed by atoms with Gasteiger partial charge < -0.3 is 25.4 Å². The molecule has 0 radical (unpaired) electrons. The highest BCUT2D eigenvalue weighted by Crippen LogP contribution is 2.37. The van der Waals surface area contributed by atoms with Crippen LogP contribution in [-0.2, 0) is 35.4 Å². The molecule has 5 N–H and O–H groups in total. The summed E-state index contributed by atoms with van der Waals surface area (Å²) in [6.45, 7) is 12.7. The van der Waals surface area contributed by atoms with Crippen molar-refractivity contribution in [2.45, 2.75) is 162 Å². The van der Waals surface area contributed by atoms with Crippen LogP contribution in [0.1, 0.15) is 145 Å². The second-order valence-electron chi connectivity index (χ2n) is 23.0. The zero-order chi connectivity index (χ0) is 55.7. The van der Waals surface area contributed by atoms with Gasteiger partial charge in [0.25, 0.3) is 0 Å². The molecule has 10 rings (SSSR count). The summed E-state index contributed by atoms with van der Waals surface area (Å²) in [5, 5.41) is 17.6. The summed E-state index contributed by atoms with van der Waals surface area (Å²) in [6, 6.07) is 34.0. The fourth-order valence-corrected chi connectivity index (χ4v) is 11.1. The molecule has 422 valence electrons. The molecular weight excluding hydrogens is 1040 g/mol. The summed E-state index contributed by atoms with van der Waals surface area (Å²) in [7, 11) is 2.18. The summed E-state index contributed by atoms with van der Waals surface area (Å²) in [4.78, 5) is 45.1. The first-order chi connectivity index (χ1) is 37.9. The monoisotopic (exact) mass is 1120 g/mol. The van der Waals surface area contributed by atoms with Crippen molar-refractivity contribution in [1.29, 1.82) is 0 Å². The lowest BCUT2D eigenvalue weighted by Crippen LogP contribution is -2.40. The summed E-state index contributed by atoms with van der Waals surface area (Å²) < 4.78 is 10.7. The third kappa shape index (κ3) is 16.4. The Hall–Kier alpha value is -6.84. The molecule has 0 saturated heterocycles. The van der Waals surface area contributed by atoms with Gasteiger partial charge in [0.1, 0.15) is 11.2 Å². The molecule has 0 spiro atoms. The van der Waals surface area contributed by atoms with E-state index < -0.39 is 23.4 Å². The van der Waals surface area contributed by atoms with E-state index in [1.807, 2.05) is 77.9 Å². The number of nitrogens with one attached hydrogen (secondary N) is 5. The van der Waals surface area contributed by atoms with Crippen molar-refractivity contribution < 1.29 is 19.1 Å². The van der Waals surface area contributed by atoms with Crippen LogP contribution in [0.3, 0.4) is 0 Å². The average Bonchev–Trinajstić information content (AvgIpc) is 4.05. The fourth-order valence-electron chi connectivity index (χ4n) is 10.8. The molecule has 6 aromatic rings. The molecule has 4 aromatic carbocycles. The first-order valence-electron chi connectivity index (χ1n) is 27.7. The Balaban J connectivity index is 0.000000208. The molecular formula is C64H78Cl2N10O4. The SMILES string of the molecule is C.CC(C)(C)OC(=O)Nc1ccc(CN[C@H]2CCC[C@@H](Nc3ncc(Cl)c(C4=CCc5ccccc54)n3)C2)cc1.CN(Cc1ccc(NC(=O)OC(C)(C)C)cc1)[C@H]1CCC[C@@H](Nc2ncc(Cl)c(C3=CCc4ccccc43)n2)C1. The van der Waals surface area contributed by atoms with Gasteiger partial charge in [-0.15, -0.1) is 0 Å². The Kier molecular flexibility index (Phi) is 19.7. The Bertz CT molecular complexity index is 3150. The van der Waals surface area contributed by atoms with Gasteiger partial charge in [-0.25, -0.2) is 29.5 Å². The molecule has 4 aliphatic carbocycles. The van der Waals surface area contributed by atoms with E-state index in [1.165, 1.54) is 27.8 Å². The number of nitrogens with zero attached hydrogens (tertiary/aromatic N) is 5. The summed E-state index contributed by atoms with van der Waals surface area (Å²) in [5.74, 6) is 1.25. The van der Waals surface area contributed by atoms with Crippen LogP contribution in [0.2, 0.25) is 10.0 Å². The zero-order valence-electron chi connectivity index (χ0n) is 46.5. The molecule has 2 heterocycles. The molecule has 2 amide bonds. The number of rotatable bonds is 14. The van der Waals surface area contributed by atoms with Gasteiger partial charge >= 0.3 is 12.2 Å². The van der Waals surface area contributed by atoms with Crippen molar-refractivity contribution in [3.05, 3.63) is 176 Å². The molecule has 2 fully saturated rings.